The summed E-state index contributed by atoms with van der Waals surface area (Å²) in [5.74, 6) is -0.0410. The summed E-state index contributed by atoms with van der Waals surface area (Å²) in [6.45, 7) is 4.34. The van der Waals surface area contributed by atoms with Gasteiger partial charge >= 0.3 is 0 Å². The van der Waals surface area contributed by atoms with Gasteiger partial charge in [-0.2, -0.15) is 0 Å². The molecule has 3 nitrogen and oxygen atoms in total. The van der Waals surface area contributed by atoms with Gasteiger partial charge in [-0.25, -0.2) is 0 Å². The number of rotatable bonds is 5. The van der Waals surface area contributed by atoms with Crippen LogP contribution < -0.4 is 10.6 Å². The Morgan fingerprint density at radius 2 is 1.90 bits per heavy atom. The Bertz CT molecular complexity index is 610. The van der Waals surface area contributed by atoms with Gasteiger partial charge in [0.25, 0.3) is 0 Å². The number of aryl methyl sites for hydroxylation is 1. The van der Waals surface area contributed by atoms with E-state index in [4.69, 9.17) is 0 Å². The van der Waals surface area contributed by atoms with E-state index in [2.05, 4.69) is 32.6 Å². The van der Waals surface area contributed by atoms with Crippen LogP contribution in [0.5, 0.6) is 0 Å². The SMILES string of the molecule is Cc1ccc(NC(=O)CN[C@H](C)c2cccc(Br)c2)cc1. The van der Waals surface area contributed by atoms with Crippen LogP contribution in [-0.2, 0) is 4.79 Å². The number of anilines is 1. The maximum atomic E-state index is 11.9. The zero-order valence-corrected chi connectivity index (χ0v) is 13.8. The second-order valence-corrected chi connectivity index (χ2v) is 5.99. The third kappa shape index (κ3) is 4.99. The number of benzene rings is 2. The minimum Gasteiger partial charge on any atom is -0.325 e. The highest BCUT2D eigenvalue weighted by Gasteiger charge is 2.08. The van der Waals surface area contributed by atoms with Gasteiger partial charge in [0.1, 0.15) is 0 Å². The van der Waals surface area contributed by atoms with Crippen molar-refractivity contribution in [2.75, 3.05) is 11.9 Å². The molecular formula is C17H19BrN2O. The van der Waals surface area contributed by atoms with Gasteiger partial charge in [0.05, 0.1) is 6.54 Å². The number of carbonyl (C=O) groups excluding carboxylic acids is 1. The molecule has 2 rings (SSSR count). The van der Waals surface area contributed by atoms with Gasteiger partial charge in [0, 0.05) is 16.2 Å². The Labute approximate surface area is 133 Å². The molecule has 0 aromatic heterocycles. The average Bonchev–Trinajstić information content (AvgIpc) is 2.47. The van der Waals surface area contributed by atoms with Gasteiger partial charge in [0.2, 0.25) is 5.91 Å². The third-order valence-electron chi connectivity index (χ3n) is 3.25. The molecule has 4 heteroatoms. The molecule has 0 saturated heterocycles. The Kier molecular flexibility index (Phi) is 5.53. The third-order valence-corrected chi connectivity index (χ3v) is 3.75. The molecule has 2 aromatic carbocycles. The molecule has 1 amide bonds. The molecule has 0 aliphatic carbocycles. The average molecular weight is 347 g/mol. The summed E-state index contributed by atoms with van der Waals surface area (Å²) in [5.41, 5.74) is 3.14. The van der Waals surface area contributed by atoms with Crippen LogP contribution in [0.4, 0.5) is 5.69 Å². The first-order valence-corrected chi connectivity index (χ1v) is 7.69. The van der Waals surface area contributed by atoms with Crippen LogP contribution >= 0.6 is 15.9 Å². The lowest BCUT2D eigenvalue weighted by atomic mass is 10.1. The van der Waals surface area contributed by atoms with E-state index in [0.29, 0.717) is 0 Å². The Balaban J connectivity index is 1.84. The van der Waals surface area contributed by atoms with E-state index in [1.807, 2.05) is 56.3 Å². The highest BCUT2D eigenvalue weighted by atomic mass is 79.9. The Morgan fingerprint density at radius 1 is 1.19 bits per heavy atom. The van der Waals surface area contributed by atoms with Crippen molar-refractivity contribution >= 4 is 27.5 Å². The van der Waals surface area contributed by atoms with Crippen molar-refractivity contribution in [3.63, 3.8) is 0 Å². The molecule has 2 aromatic rings. The second kappa shape index (κ2) is 7.38. The van der Waals surface area contributed by atoms with Crippen molar-refractivity contribution in [3.8, 4) is 0 Å². The van der Waals surface area contributed by atoms with E-state index in [9.17, 15) is 4.79 Å². The lowest BCUT2D eigenvalue weighted by molar-refractivity contribution is -0.115. The minimum absolute atomic E-state index is 0.0410. The van der Waals surface area contributed by atoms with Gasteiger partial charge in [-0.05, 0) is 43.7 Å². The monoisotopic (exact) mass is 346 g/mol. The fourth-order valence-corrected chi connectivity index (χ4v) is 2.40. The van der Waals surface area contributed by atoms with E-state index in [0.717, 1.165) is 15.7 Å². The molecule has 0 heterocycles. The first-order chi connectivity index (χ1) is 10.0. The zero-order valence-electron chi connectivity index (χ0n) is 12.2. The van der Waals surface area contributed by atoms with E-state index in [1.54, 1.807) is 0 Å². The van der Waals surface area contributed by atoms with Crippen LogP contribution in [0.15, 0.2) is 53.0 Å². The predicted octanol–water partition coefficient (Wildman–Crippen LogP) is 4.05. The first kappa shape index (κ1) is 15.7. The molecule has 0 aliphatic heterocycles. The van der Waals surface area contributed by atoms with Crippen LogP contribution in [-0.4, -0.2) is 12.5 Å². The summed E-state index contributed by atoms with van der Waals surface area (Å²) in [4.78, 5) is 11.9. The molecular weight excluding hydrogens is 328 g/mol. The quantitative estimate of drug-likeness (QED) is 0.857. The molecule has 21 heavy (non-hydrogen) atoms. The van der Waals surface area contributed by atoms with Gasteiger partial charge in [-0.3, -0.25) is 4.79 Å². The topological polar surface area (TPSA) is 41.1 Å². The van der Waals surface area contributed by atoms with Crippen molar-refractivity contribution < 1.29 is 4.79 Å². The van der Waals surface area contributed by atoms with Crippen molar-refractivity contribution in [1.29, 1.82) is 0 Å². The molecule has 1 atom stereocenters. The summed E-state index contributed by atoms with van der Waals surface area (Å²) in [5, 5.41) is 6.10. The number of amides is 1. The van der Waals surface area contributed by atoms with Crippen LogP contribution in [0.25, 0.3) is 0 Å². The molecule has 0 radical (unpaired) electrons. The van der Waals surface area contributed by atoms with Crippen molar-refractivity contribution in [2.45, 2.75) is 19.9 Å². The second-order valence-electron chi connectivity index (χ2n) is 5.07. The lowest BCUT2D eigenvalue weighted by Gasteiger charge is -2.14. The van der Waals surface area contributed by atoms with Crippen molar-refractivity contribution in [3.05, 3.63) is 64.1 Å². The minimum atomic E-state index is -0.0410. The molecule has 0 fully saturated rings. The van der Waals surface area contributed by atoms with Gasteiger partial charge in [0.15, 0.2) is 0 Å². The van der Waals surface area contributed by atoms with E-state index < -0.39 is 0 Å². The fourth-order valence-electron chi connectivity index (χ4n) is 1.98. The number of carbonyl (C=O) groups is 1. The fraction of sp³-hybridized carbons (Fsp3) is 0.235. The molecule has 2 N–H and O–H groups in total. The first-order valence-electron chi connectivity index (χ1n) is 6.90. The summed E-state index contributed by atoms with van der Waals surface area (Å²) < 4.78 is 1.04. The number of hydrogen-bond acceptors (Lipinski definition) is 2. The molecule has 0 bridgehead atoms. The molecule has 0 unspecified atom stereocenters. The van der Waals surface area contributed by atoms with Gasteiger partial charge in [-0.15, -0.1) is 0 Å². The highest BCUT2D eigenvalue weighted by Crippen LogP contribution is 2.17. The van der Waals surface area contributed by atoms with Crippen LogP contribution in [0.1, 0.15) is 24.1 Å². The summed E-state index contributed by atoms with van der Waals surface area (Å²) in [6, 6.07) is 16.0. The maximum absolute atomic E-state index is 11.9. The molecule has 110 valence electrons. The number of nitrogens with one attached hydrogen (secondary N) is 2. The smallest absolute Gasteiger partial charge is 0.238 e. The largest absolute Gasteiger partial charge is 0.325 e. The van der Waals surface area contributed by atoms with Crippen molar-refractivity contribution in [2.24, 2.45) is 0 Å². The molecule has 0 saturated carbocycles. The van der Waals surface area contributed by atoms with Crippen LogP contribution in [0, 0.1) is 6.92 Å². The molecule has 0 spiro atoms. The van der Waals surface area contributed by atoms with E-state index in [1.165, 1.54) is 5.56 Å². The van der Waals surface area contributed by atoms with E-state index >= 15 is 0 Å². The number of hydrogen-bond donors (Lipinski definition) is 2. The summed E-state index contributed by atoms with van der Waals surface area (Å²) in [7, 11) is 0. The zero-order chi connectivity index (χ0) is 15.2. The standard InChI is InChI=1S/C17H19BrN2O/c1-12-6-8-16(9-7-12)20-17(21)11-19-13(2)14-4-3-5-15(18)10-14/h3-10,13,19H,11H2,1-2H3,(H,20,21)/t13-/m1/s1. The highest BCUT2D eigenvalue weighted by molar-refractivity contribution is 9.10. The van der Waals surface area contributed by atoms with Crippen LogP contribution in [0.3, 0.4) is 0 Å². The Morgan fingerprint density at radius 3 is 2.57 bits per heavy atom. The maximum Gasteiger partial charge on any atom is 0.238 e. The van der Waals surface area contributed by atoms with Gasteiger partial charge < -0.3 is 10.6 Å². The van der Waals surface area contributed by atoms with E-state index in [-0.39, 0.29) is 18.5 Å². The molecule has 0 aliphatic rings. The van der Waals surface area contributed by atoms with Crippen LogP contribution in [0.2, 0.25) is 0 Å². The lowest BCUT2D eigenvalue weighted by Crippen LogP contribution is -2.30. The normalized spacial score (nSPS) is 12.0. The predicted molar refractivity (Wildman–Crippen MR) is 90.4 cm³/mol. The summed E-state index contributed by atoms with van der Waals surface area (Å²) in [6.07, 6.45) is 0. The Hall–Kier alpha value is -1.65. The number of halogens is 1. The van der Waals surface area contributed by atoms with Crippen molar-refractivity contribution in [1.82, 2.24) is 5.32 Å². The van der Waals surface area contributed by atoms with Gasteiger partial charge in [-0.1, -0.05) is 45.8 Å². The summed E-state index contributed by atoms with van der Waals surface area (Å²) >= 11 is 3.45.